The largest absolute Gasteiger partial charge is 0.468 e. The van der Waals surface area contributed by atoms with Gasteiger partial charge in [-0.2, -0.15) is 5.26 Å². The summed E-state index contributed by atoms with van der Waals surface area (Å²) in [4.78, 5) is 11.7. The standard InChI is InChI=1S/C14H15FN2O2/c1-19-13(18)14(5-2-6-14)17-9-10-3-4-12(15)11(7-10)8-16/h3-4,7,17H,2,5-6,9H2,1H3. The van der Waals surface area contributed by atoms with Gasteiger partial charge in [0.1, 0.15) is 17.4 Å². The van der Waals surface area contributed by atoms with Crippen molar-refractivity contribution in [2.45, 2.75) is 31.3 Å². The summed E-state index contributed by atoms with van der Waals surface area (Å²) in [6.07, 6.45) is 2.47. The molecule has 0 bridgehead atoms. The highest BCUT2D eigenvalue weighted by atomic mass is 19.1. The fourth-order valence-electron chi connectivity index (χ4n) is 2.22. The summed E-state index contributed by atoms with van der Waals surface area (Å²) in [7, 11) is 1.37. The molecule has 0 unspecified atom stereocenters. The lowest BCUT2D eigenvalue weighted by Gasteiger charge is -2.39. The molecule has 4 nitrogen and oxygen atoms in total. The van der Waals surface area contributed by atoms with Crippen molar-refractivity contribution in [3.63, 3.8) is 0 Å². The second kappa shape index (κ2) is 5.37. The maximum absolute atomic E-state index is 13.2. The van der Waals surface area contributed by atoms with Crippen LogP contribution in [0.1, 0.15) is 30.4 Å². The zero-order valence-electron chi connectivity index (χ0n) is 10.7. The molecule has 0 radical (unpaired) electrons. The van der Waals surface area contributed by atoms with Crippen LogP contribution in [0.5, 0.6) is 0 Å². The summed E-state index contributed by atoms with van der Waals surface area (Å²) < 4.78 is 18.0. The number of benzene rings is 1. The molecule has 1 N–H and O–H groups in total. The Morgan fingerprint density at radius 1 is 1.58 bits per heavy atom. The van der Waals surface area contributed by atoms with Crippen LogP contribution in [0.4, 0.5) is 4.39 Å². The van der Waals surface area contributed by atoms with Gasteiger partial charge in [-0.1, -0.05) is 6.07 Å². The van der Waals surface area contributed by atoms with Crippen LogP contribution in [0, 0.1) is 17.1 Å². The van der Waals surface area contributed by atoms with Gasteiger partial charge in [-0.15, -0.1) is 0 Å². The molecule has 0 saturated heterocycles. The molecule has 0 spiro atoms. The van der Waals surface area contributed by atoms with Crippen molar-refractivity contribution in [1.82, 2.24) is 5.32 Å². The smallest absolute Gasteiger partial charge is 0.326 e. The molecule has 0 amide bonds. The molecular weight excluding hydrogens is 247 g/mol. The van der Waals surface area contributed by atoms with Crippen molar-refractivity contribution in [2.75, 3.05) is 7.11 Å². The number of nitrogens with one attached hydrogen (secondary N) is 1. The highest BCUT2D eigenvalue weighted by Crippen LogP contribution is 2.33. The van der Waals surface area contributed by atoms with E-state index in [1.807, 2.05) is 0 Å². The van der Waals surface area contributed by atoms with Crippen LogP contribution < -0.4 is 5.32 Å². The van der Waals surface area contributed by atoms with Crippen molar-refractivity contribution in [1.29, 1.82) is 5.26 Å². The molecule has 1 saturated carbocycles. The maximum Gasteiger partial charge on any atom is 0.326 e. The normalized spacial score (nSPS) is 16.3. The third-order valence-electron chi connectivity index (χ3n) is 3.57. The average molecular weight is 262 g/mol. The minimum Gasteiger partial charge on any atom is -0.468 e. The van der Waals surface area contributed by atoms with Crippen LogP contribution in [0.2, 0.25) is 0 Å². The Hall–Kier alpha value is -1.93. The van der Waals surface area contributed by atoms with Crippen LogP contribution in [0.15, 0.2) is 18.2 Å². The number of rotatable bonds is 4. The molecule has 5 heteroatoms. The first-order valence-corrected chi connectivity index (χ1v) is 6.13. The van der Waals surface area contributed by atoms with E-state index in [-0.39, 0.29) is 11.5 Å². The first kappa shape index (κ1) is 13.5. The number of hydrogen-bond donors (Lipinski definition) is 1. The van der Waals surface area contributed by atoms with E-state index in [0.717, 1.165) is 24.8 Å². The number of carbonyl (C=O) groups is 1. The van der Waals surface area contributed by atoms with E-state index in [2.05, 4.69) is 5.32 Å². The fraction of sp³-hybridized carbons (Fsp3) is 0.429. The molecule has 1 aromatic rings. The molecule has 2 rings (SSSR count). The SMILES string of the molecule is COC(=O)C1(NCc2ccc(F)c(C#N)c2)CCC1. The van der Waals surface area contributed by atoms with Crippen molar-refractivity contribution >= 4 is 5.97 Å². The highest BCUT2D eigenvalue weighted by molar-refractivity contribution is 5.81. The minimum absolute atomic E-state index is 0.0139. The van der Waals surface area contributed by atoms with Crippen LogP contribution in [-0.4, -0.2) is 18.6 Å². The molecule has 0 heterocycles. The van der Waals surface area contributed by atoms with Gasteiger partial charge in [0.2, 0.25) is 0 Å². The number of ether oxygens (including phenoxy) is 1. The van der Waals surface area contributed by atoms with E-state index in [1.165, 1.54) is 19.2 Å². The van der Waals surface area contributed by atoms with E-state index in [0.29, 0.717) is 6.54 Å². The van der Waals surface area contributed by atoms with E-state index in [1.54, 1.807) is 12.1 Å². The van der Waals surface area contributed by atoms with E-state index in [9.17, 15) is 9.18 Å². The molecule has 19 heavy (non-hydrogen) atoms. The highest BCUT2D eigenvalue weighted by Gasteiger charge is 2.44. The topological polar surface area (TPSA) is 62.1 Å². The second-order valence-corrected chi connectivity index (χ2v) is 4.71. The van der Waals surface area contributed by atoms with Gasteiger partial charge in [-0.05, 0) is 37.0 Å². The van der Waals surface area contributed by atoms with Gasteiger partial charge in [0.05, 0.1) is 12.7 Å². The molecule has 1 aliphatic carbocycles. The number of hydrogen-bond acceptors (Lipinski definition) is 4. The van der Waals surface area contributed by atoms with Crippen LogP contribution in [-0.2, 0) is 16.1 Å². The molecule has 0 atom stereocenters. The van der Waals surface area contributed by atoms with Crippen molar-refractivity contribution in [3.8, 4) is 6.07 Å². The van der Waals surface area contributed by atoms with Gasteiger partial charge in [-0.3, -0.25) is 10.1 Å². The van der Waals surface area contributed by atoms with Crippen LogP contribution >= 0.6 is 0 Å². The number of methoxy groups -OCH3 is 1. The Balaban J connectivity index is 2.06. The summed E-state index contributed by atoms with van der Waals surface area (Å²) in [6, 6.07) is 6.16. The molecule has 0 aliphatic heterocycles. The first-order chi connectivity index (χ1) is 9.11. The molecule has 1 fully saturated rings. The van der Waals surface area contributed by atoms with Crippen LogP contribution in [0.3, 0.4) is 0 Å². The van der Waals surface area contributed by atoms with Gasteiger partial charge >= 0.3 is 5.97 Å². The summed E-state index contributed by atoms with van der Waals surface area (Å²) in [5.41, 5.74) is 0.170. The van der Waals surface area contributed by atoms with Gasteiger partial charge in [0.15, 0.2) is 0 Å². The Bertz CT molecular complexity index is 533. The van der Waals surface area contributed by atoms with E-state index in [4.69, 9.17) is 10.00 Å². The number of carbonyl (C=O) groups excluding carboxylic acids is 1. The Morgan fingerprint density at radius 3 is 2.84 bits per heavy atom. The summed E-state index contributed by atoms with van der Waals surface area (Å²) in [5.74, 6) is -0.793. The minimum atomic E-state index is -0.615. The predicted octanol–water partition coefficient (Wildman–Crippen LogP) is 1.88. The van der Waals surface area contributed by atoms with Crippen molar-refractivity contribution in [3.05, 3.63) is 35.1 Å². The zero-order chi connectivity index (χ0) is 13.9. The molecule has 0 aromatic heterocycles. The summed E-state index contributed by atoms with van der Waals surface area (Å²) >= 11 is 0. The molecule has 1 aliphatic rings. The fourth-order valence-corrected chi connectivity index (χ4v) is 2.22. The number of halogens is 1. The average Bonchev–Trinajstić information content (AvgIpc) is 2.38. The molecule has 100 valence electrons. The Labute approximate surface area is 111 Å². The monoisotopic (exact) mass is 262 g/mol. The predicted molar refractivity (Wildman–Crippen MR) is 66.6 cm³/mol. The van der Waals surface area contributed by atoms with Crippen LogP contribution in [0.25, 0.3) is 0 Å². The van der Waals surface area contributed by atoms with Gasteiger partial charge in [0.25, 0.3) is 0 Å². The third kappa shape index (κ3) is 2.59. The number of nitrogens with zero attached hydrogens (tertiary/aromatic N) is 1. The van der Waals surface area contributed by atoms with E-state index < -0.39 is 11.4 Å². The molecule has 1 aromatic carbocycles. The zero-order valence-corrected chi connectivity index (χ0v) is 10.7. The number of esters is 1. The number of nitriles is 1. The first-order valence-electron chi connectivity index (χ1n) is 6.13. The lowest BCUT2D eigenvalue weighted by Crippen LogP contribution is -2.57. The Morgan fingerprint density at radius 2 is 2.32 bits per heavy atom. The lowest BCUT2D eigenvalue weighted by molar-refractivity contribution is -0.152. The van der Waals surface area contributed by atoms with Crippen molar-refractivity contribution < 1.29 is 13.9 Å². The summed E-state index contributed by atoms with van der Waals surface area (Å²) in [5, 5.41) is 11.9. The summed E-state index contributed by atoms with van der Waals surface area (Å²) in [6.45, 7) is 0.407. The lowest BCUT2D eigenvalue weighted by atomic mass is 9.76. The van der Waals surface area contributed by atoms with Crippen molar-refractivity contribution in [2.24, 2.45) is 0 Å². The van der Waals surface area contributed by atoms with Gasteiger partial charge in [0, 0.05) is 6.54 Å². The Kier molecular flexibility index (Phi) is 3.82. The van der Waals surface area contributed by atoms with Gasteiger partial charge < -0.3 is 4.74 Å². The third-order valence-corrected chi connectivity index (χ3v) is 3.57. The maximum atomic E-state index is 13.2. The second-order valence-electron chi connectivity index (χ2n) is 4.71. The molecular formula is C14H15FN2O2. The quantitative estimate of drug-likeness (QED) is 0.842. The van der Waals surface area contributed by atoms with E-state index >= 15 is 0 Å². The van der Waals surface area contributed by atoms with Gasteiger partial charge in [-0.25, -0.2) is 4.39 Å².